The Labute approximate surface area is 179 Å². The number of benzene rings is 1. The van der Waals surface area contributed by atoms with Crippen molar-refractivity contribution in [1.29, 1.82) is 0 Å². The van der Waals surface area contributed by atoms with Crippen LogP contribution in [0.4, 0.5) is 0 Å². The summed E-state index contributed by atoms with van der Waals surface area (Å²) in [7, 11) is 0. The van der Waals surface area contributed by atoms with Crippen molar-refractivity contribution in [2.24, 2.45) is 0 Å². The molecule has 0 amide bonds. The molecule has 0 aromatic heterocycles. The van der Waals surface area contributed by atoms with Crippen molar-refractivity contribution < 1.29 is 48.0 Å². The summed E-state index contributed by atoms with van der Waals surface area (Å²) in [5, 5.41) is 9.97. The van der Waals surface area contributed by atoms with Crippen LogP contribution in [-0.4, -0.2) is 60.0 Å². The van der Waals surface area contributed by atoms with Gasteiger partial charge in [-0.3, -0.25) is 19.2 Å². The third kappa shape index (κ3) is 5.39. The molecule has 1 heterocycles. The number of ether oxygens (including phenoxy) is 5. The Morgan fingerprint density at radius 3 is 1.94 bits per heavy atom. The molecule has 2 rings (SSSR count). The van der Waals surface area contributed by atoms with E-state index in [2.05, 4.69) is 0 Å². The fourth-order valence-electron chi connectivity index (χ4n) is 3.61. The molecule has 1 saturated heterocycles. The van der Waals surface area contributed by atoms with E-state index in [0.717, 1.165) is 27.7 Å². The van der Waals surface area contributed by atoms with Crippen LogP contribution in [0.3, 0.4) is 0 Å². The molecule has 1 aliphatic heterocycles. The maximum absolute atomic E-state index is 12.1. The van der Waals surface area contributed by atoms with Gasteiger partial charge in [0.2, 0.25) is 6.10 Å². The minimum absolute atomic E-state index is 0.299. The van der Waals surface area contributed by atoms with Crippen LogP contribution in [0, 0.1) is 6.92 Å². The average molecular weight is 438 g/mol. The number of esters is 4. The second kappa shape index (κ2) is 9.88. The van der Waals surface area contributed by atoms with Gasteiger partial charge < -0.3 is 28.8 Å². The largest absolute Gasteiger partial charge is 0.456 e. The first-order valence-electron chi connectivity index (χ1n) is 9.57. The molecule has 0 radical (unpaired) electrons. The van der Waals surface area contributed by atoms with Crippen LogP contribution in [0.5, 0.6) is 0 Å². The monoisotopic (exact) mass is 438 g/mol. The second-order valence-corrected chi connectivity index (χ2v) is 7.09. The van der Waals surface area contributed by atoms with Crippen molar-refractivity contribution >= 4 is 23.9 Å². The summed E-state index contributed by atoms with van der Waals surface area (Å²) < 4.78 is 27.6. The van der Waals surface area contributed by atoms with Crippen molar-refractivity contribution in [3.05, 3.63) is 35.4 Å². The fourth-order valence-corrected chi connectivity index (χ4v) is 3.61. The lowest BCUT2D eigenvalue weighted by atomic mass is 9.85. The predicted octanol–water partition coefficient (Wildman–Crippen LogP) is 0.897. The van der Waals surface area contributed by atoms with Crippen LogP contribution < -0.4 is 0 Å². The zero-order valence-electron chi connectivity index (χ0n) is 17.9. The van der Waals surface area contributed by atoms with Crippen LogP contribution in [0.2, 0.25) is 0 Å². The third-order valence-electron chi connectivity index (χ3n) is 4.58. The van der Waals surface area contributed by atoms with E-state index in [1.54, 1.807) is 31.2 Å². The van der Waals surface area contributed by atoms with Gasteiger partial charge in [0.1, 0.15) is 6.10 Å². The molecule has 1 unspecified atom stereocenters. The van der Waals surface area contributed by atoms with E-state index in [1.165, 1.54) is 0 Å². The van der Waals surface area contributed by atoms with Gasteiger partial charge in [0, 0.05) is 33.3 Å². The van der Waals surface area contributed by atoms with Crippen molar-refractivity contribution in [3.63, 3.8) is 0 Å². The highest BCUT2D eigenvalue weighted by Gasteiger charge is 2.63. The van der Waals surface area contributed by atoms with E-state index >= 15 is 0 Å². The summed E-state index contributed by atoms with van der Waals surface area (Å²) in [5.41, 5.74) is 0.901. The Hall–Kier alpha value is -2.98. The van der Waals surface area contributed by atoms with E-state index < -0.39 is 60.7 Å². The molecule has 31 heavy (non-hydrogen) atoms. The molecular weight excluding hydrogens is 412 g/mol. The van der Waals surface area contributed by atoms with Crippen LogP contribution in [0.1, 0.15) is 38.8 Å². The minimum atomic E-state index is -2.09. The molecular formula is C21H26O10. The van der Waals surface area contributed by atoms with Gasteiger partial charge in [-0.2, -0.15) is 0 Å². The van der Waals surface area contributed by atoms with Crippen molar-refractivity contribution in [3.8, 4) is 0 Å². The summed E-state index contributed by atoms with van der Waals surface area (Å²) in [5.74, 6) is -5.20. The van der Waals surface area contributed by atoms with Crippen LogP contribution in [-0.2, 0) is 48.6 Å². The topological polar surface area (TPSA) is 135 Å². The number of aliphatic hydroxyl groups is 1. The number of aliphatic hydroxyl groups excluding tert-OH is 1. The van der Waals surface area contributed by atoms with Crippen molar-refractivity contribution in [2.75, 3.05) is 6.61 Å². The molecule has 0 aliphatic carbocycles. The van der Waals surface area contributed by atoms with Crippen LogP contribution >= 0.6 is 0 Å². The highest BCUT2D eigenvalue weighted by atomic mass is 16.8. The molecule has 0 bridgehead atoms. The predicted molar refractivity (Wildman–Crippen MR) is 103 cm³/mol. The molecule has 170 valence electrons. The molecule has 5 atom stereocenters. The highest BCUT2D eigenvalue weighted by Crippen LogP contribution is 2.44. The van der Waals surface area contributed by atoms with E-state index in [1.807, 2.05) is 0 Å². The molecule has 0 spiro atoms. The van der Waals surface area contributed by atoms with E-state index in [9.17, 15) is 24.3 Å². The smallest absolute Gasteiger partial charge is 0.305 e. The number of rotatable bonds is 6. The summed E-state index contributed by atoms with van der Waals surface area (Å²) >= 11 is 0. The first kappa shape index (κ1) is 24.3. The number of aryl methyl sites for hydroxylation is 1. The first-order chi connectivity index (χ1) is 14.5. The van der Waals surface area contributed by atoms with Crippen molar-refractivity contribution in [1.82, 2.24) is 0 Å². The molecule has 1 N–H and O–H groups in total. The third-order valence-corrected chi connectivity index (χ3v) is 4.58. The van der Waals surface area contributed by atoms with Gasteiger partial charge in [0.05, 0.1) is 6.61 Å². The molecule has 10 nitrogen and oxygen atoms in total. The standard InChI is InChI=1S/C21H26O10/c1-11-8-6-7-9-16(11)21(30-15(5)26)20(29-14(4)25)19(28-13(3)24)18(27-12(2)23)17(10-22)31-21/h6-9,17-20,22H,10H2,1-5H3/t17-,18-,19+,20-,21?/m1/s1. The Morgan fingerprint density at radius 1 is 0.903 bits per heavy atom. The molecule has 10 heteroatoms. The Kier molecular flexibility index (Phi) is 7.75. The lowest BCUT2D eigenvalue weighted by molar-refractivity contribution is -0.361. The number of carbonyl (C=O) groups excluding carboxylic acids is 4. The maximum atomic E-state index is 12.1. The maximum Gasteiger partial charge on any atom is 0.305 e. The second-order valence-electron chi connectivity index (χ2n) is 7.09. The zero-order valence-corrected chi connectivity index (χ0v) is 17.9. The summed E-state index contributed by atoms with van der Waals surface area (Å²) in [6.07, 6.45) is -5.62. The lowest BCUT2D eigenvalue weighted by Crippen LogP contribution is -2.67. The van der Waals surface area contributed by atoms with E-state index in [4.69, 9.17) is 23.7 Å². The average Bonchev–Trinajstić information content (AvgIpc) is 2.65. The minimum Gasteiger partial charge on any atom is -0.456 e. The van der Waals surface area contributed by atoms with Gasteiger partial charge in [-0.1, -0.05) is 24.3 Å². The van der Waals surface area contributed by atoms with Crippen LogP contribution in [0.15, 0.2) is 24.3 Å². The summed E-state index contributed by atoms with van der Waals surface area (Å²) in [6.45, 7) is 5.50. The highest BCUT2D eigenvalue weighted by molar-refractivity contribution is 5.69. The summed E-state index contributed by atoms with van der Waals surface area (Å²) in [6, 6.07) is 6.68. The van der Waals surface area contributed by atoms with E-state index in [0.29, 0.717) is 11.1 Å². The zero-order chi connectivity index (χ0) is 23.3. The lowest BCUT2D eigenvalue weighted by Gasteiger charge is -2.50. The van der Waals surface area contributed by atoms with Gasteiger partial charge >= 0.3 is 23.9 Å². The molecule has 1 aromatic rings. The quantitative estimate of drug-likeness (QED) is 0.504. The Bertz CT molecular complexity index is 850. The Balaban J connectivity index is 2.80. The van der Waals surface area contributed by atoms with Gasteiger partial charge in [-0.15, -0.1) is 0 Å². The molecule has 1 aromatic carbocycles. The van der Waals surface area contributed by atoms with Gasteiger partial charge in [-0.05, 0) is 12.5 Å². The van der Waals surface area contributed by atoms with Gasteiger partial charge in [-0.25, -0.2) is 0 Å². The summed E-state index contributed by atoms with van der Waals surface area (Å²) in [4.78, 5) is 47.7. The van der Waals surface area contributed by atoms with Crippen LogP contribution in [0.25, 0.3) is 0 Å². The first-order valence-corrected chi connectivity index (χ1v) is 9.57. The Morgan fingerprint density at radius 2 is 1.45 bits per heavy atom. The number of hydrogen-bond donors (Lipinski definition) is 1. The van der Waals surface area contributed by atoms with Gasteiger partial charge in [0.15, 0.2) is 12.2 Å². The number of hydrogen-bond acceptors (Lipinski definition) is 10. The van der Waals surface area contributed by atoms with E-state index in [-0.39, 0.29) is 0 Å². The molecule has 0 saturated carbocycles. The van der Waals surface area contributed by atoms with Gasteiger partial charge in [0.25, 0.3) is 5.79 Å². The van der Waals surface area contributed by atoms with Crippen molar-refractivity contribution in [2.45, 2.75) is 64.8 Å². The molecule has 1 fully saturated rings. The fraction of sp³-hybridized carbons (Fsp3) is 0.524. The normalized spacial score (nSPS) is 27.7. The number of carbonyl (C=O) groups is 4. The SMILES string of the molecule is CC(=O)O[C@H]1[C@H](OC(C)=O)[C@@H](CO)OC(OC(C)=O)(c2ccccc2C)[C@@H]1OC(C)=O. The molecule has 1 aliphatic rings.